The Bertz CT molecular complexity index is 522. The van der Waals surface area contributed by atoms with Gasteiger partial charge in [0.1, 0.15) is 0 Å². The van der Waals surface area contributed by atoms with E-state index in [1.165, 1.54) is 11.1 Å². The topological polar surface area (TPSA) is 69.6 Å². The van der Waals surface area contributed by atoms with Crippen LogP contribution in [-0.2, 0) is 16.0 Å². The fourth-order valence-corrected chi connectivity index (χ4v) is 2.82. The highest BCUT2D eigenvalue weighted by Crippen LogP contribution is 2.16. The number of hydrogen-bond acceptors (Lipinski definition) is 3. The van der Waals surface area contributed by atoms with Gasteiger partial charge in [-0.05, 0) is 50.4 Å². The number of carbonyl (C=O) groups excluding carboxylic acids is 1. The van der Waals surface area contributed by atoms with Crippen LogP contribution in [0.4, 0.5) is 0 Å². The van der Waals surface area contributed by atoms with Crippen LogP contribution in [0.3, 0.4) is 0 Å². The van der Waals surface area contributed by atoms with Gasteiger partial charge < -0.3 is 10.4 Å². The molecule has 5 nitrogen and oxygen atoms in total. The molecular formula is C17H24N2O3. The second-order valence-electron chi connectivity index (χ2n) is 5.92. The summed E-state index contributed by atoms with van der Waals surface area (Å²) in [6.45, 7) is 4.43. The maximum absolute atomic E-state index is 11.9. The molecule has 0 unspecified atom stereocenters. The van der Waals surface area contributed by atoms with E-state index in [0.29, 0.717) is 39.0 Å². The van der Waals surface area contributed by atoms with Gasteiger partial charge in [0.2, 0.25) is 5.91 Å². The summed E-state index contributed by atoms with van der Waals surface area (Å²) < 4.78 is 0. The fourth-order valence-electron chi connectivity index (χ4n) is 2.82. The molecule has 2 rings (SSSR count). The Hall–Kier alpha value is -1.88. The quantitative estimate of drug-likeness (QED) is 0.834. The van der Waals surface area contributed by atoms with E-state index in [1.54, 1.807) is 0 Å². The molecule has 0 spiro atoms. The molecule has 5 heteroatoms. The van der Waals surface area contributed by atoms with Crippen LogP contribution in [0.15, 0.2) is 24.3 Å². The van der Waals surface area contributed by atoms with Gasteiger partial charge in [-0.25, -0.2) is 0 Å². The first-order valence-electron chi connectivity index (χ1n) is 7.82. The standard InChI is InChI=1S/C17H24N2O3/c1-13-4-2-3-5-14(13)6-9-18-16(20)12-19-10-7-15(8-11-19)17(21)22/h2-5,15H,6-12H2,1H3,(H,18,20)(H,21,22). The highest BCUT2D eigenvalue weighted by atomic mass is 16.4. The van der Waals surface area contributed by atoms with Crippen molar-refractivity contribution in [3.8, 4) is 0 Å². The van der Waals surface area contributed by atoms with Gasteiger partial charge in [0.25, 0.3) is 0 Å². The van der Waals surface area contributed by atoms with Gasteiger partial charge in [-0.3, -0.25) is 14.5 Å². The number of carboxylic acid groups (broad SMARTS) is 1. The summed E-state index contributed by atoms with van der Waals surface area (Å²) >= 11 is 0. The minimum Gasteiger partial charge on any atom is -0.481 e. The molecule has 0 bridgehead atoms. The van der Waals surface area contributed by atoms with E-state index in [0.717, 1.165) is 6.42 Å². The van der Waals surface area contributed by atoms with Crippen molar-refractivity contribution < 1.29 is 14.7 Å². The van der Waals surface area contributed by atoms with Crippen LogP contribution < -0.4 is 5.32 Å². The Balaban J connectivity index is 1.66. The van der Waals surface area contributed by atoms with E-state index in [9.17, 15) is 9.59 Å². The van der Waals surface area contributed by atoms with Gasteiger partial charge in [-0.1, -0.05) is 24.3 Å². The largest absolute Gasteiger partial charge is 0.481 e. The number of nitrogens with one attached hydrogen (secondary N) is 1. The number of nitrogens with zero attached hydrogens (tertiary/aromatic N) is 1. The number of rotatable bonds is 6. The molecule has 1 aliphatic rings. The van der Waals surface area contributed by atoms with E-state index in [1.807, 2.05) is 17.0 Å². The van der Waals surface area contributed by atoms with Crippen LogP contribution in [-0.4, -0.2) is 48.1 Å². The second kappa shape index (κ2) is 7.94. The first kappa shape index (κ1) is 16.5. The zero-order valence-electron chi connectivity index (χ0n) is 13.0. The summed E-state index contributed by atoms with van der Waals surface area (Å²) in [6, 6.07) is 8.18. The maximum atomic E-state index is 11.9. The Labute approximate surface area is 131 Å². The third-order valence-electron chi connectivity index (χ3n) is 4.28. The number of hydrogen-bond donors (Lipinski definition) is 2. The Morgan fingerprint density at radius 2 is 1.95 bits per heavy atom. The van der Waals surface area contributed by atoms with Crippen LogP contribution in [0.25, 0.3) is 0 Å². The van der Waals surface area contributed by atoms with Crippen molar-refractivity contribution in [3.63, 3.8) is 0 Å². The van der Waals surface area contributed by atoms with Gasteiger partial charge in [0.15, 0.2) is 0 Å². The summed E-state index contributed by atoms with van der Waals surface area (Å²) in [7, 11) is 0. The molecule has 1 aliphatic heterocycles. The number of aliphatic carboxylic acids is 1. The lowest BCUT2D eigenvalue weighted by molar-refractivity contribution is -0.143. The zero-order valence-corrected chi connectivity index (χ0v) is 13.0. The van der Waals surface area contributed by atoms with E-state index in [2.05, 4.69) is 24.4 Å². The maximum Gasteiger partial charge on any atom is 0.306 e. The third-order valence-corrected chi connectivity index (χ3v) is 4.28. The molecule has 0 atom stereocenters. The van der Waals surface area contributed by atoms with Crippen LogP contribution in [0.1, 0.15) is 24.0 Å². The number of likely N-dealkylation sites (tertiary alicyclic amines) is 1. The van der Waals surface area contributed by atoms with E-state index in [4.69, 9.17) is 5.11 Å². The lowest BCUT2D eigenvalue weighted by Gasteiger charge is -2.29. The SMILES string of the molecule is Cc1ccccc1CCNC(=O)CN1CCC(C(=O)O)CC1. The number of carbonyl (C=O) groups is 2. The van der Waals surface area contributed by atoms with Crippen molar-refractivity contribution in [2.75, 3.05) is 26.2 Å². The summed E-state index contributed by atoms with van der Waals surface area (Å²) in [5.74, 6) is -0.954. The molecule has 1 fully saturated rings. The van der Waals surface area contributed by atoms with Gasteiger partial charge in [-0.15, -0.1) is 0 Å². The molecule has 2 N–H and O–H groups in total. The van der Waals surface area contributed by atoms with E-state index < -0.39 is 5.97 Å². The van der Waals surface area contributed by atoms with E-state index >= 15 is 0 Å². The number of aryl methyl sites for hydroxylation is 1. The predicted octanol–water partition coefficient (Wildman–Crippen LogP) is 1.45. The van der Waals surface area contributed by atoms with Gasteiger partial charge in [0.05, 0.1) is 12.5 Å². The molecule has 0 aliphatic carbocycles. The van der Waals surface area contributed by atoms with Gasteiger partial charge >= 0.3 is 5.97 Å². The number of benzene rings is 1. The van der Waals surface area contributed by atoms with E-state index in [-0.39, 0.29) is 11.8 Å². The first-order valence-corrected chi connectivity index (χ1v) is 7.82. The molecule has 1 amide bonds. The van der Waals surface area contributed by atoms with Crippen molar-refractivity contribution in [1.29, 1.82) is 0 Å². The number of amides is 1. The Morgan fingerprint density at radius 3 is 2.59 bits per heavy atom. The van der Waals surface area contributed by atoms with Crippen molar-refractivity contribution in [2.45, 2.75) is 26.2 Å². The number of carboxylic acids is 1. The van der Waals surface area contributed by atoms with Crippen molar-refractivity contribution >= 4 is 11.9 Å². The second-order valence-corrected chi connectivity index (χ2v) is 5.92. The fraction of sp³-hybridized carbons (Fsp3) is 0.529. The average molecular weight is 304 g/mol. The highest BCUT2D eigenvalue weighted by molar-refractivity contribution is 5.78. The van der Waals surface area contributed by atoms with Crippen LogP contribution in [0.5, 0.6) is 0 Å². The predicted molar refractivity (Wildman–Crippen MR) is 84.7 cm³/mol. The lowest BCUT2D eigenvalue weighted by Crippen LogP contribution is -2.43. The molecule has 0 aromatic heterocycles. The normalized spacial score (nSPS) is 16.4. The van der Waals surface area contributed by atoms with Crippen molar-refractivity contribution in [2.24, 2.45) is 5.92 Å². The smallest absolute Gasteiger partial charge is 0.306 e. The first-order chi connectivity index (χ1) is 10.6. The average Bonchev–Trinajstić information content (AvgIpc) is 2.50. The zero-order chi connectivity index (χ0) is 15.9. The Morgan fingerprint density at radius 1 is 1.27 bits per heavy atom. The van der Waals surface area contributed by atoms with Crippen LogP contribution in [0, 0.1) is 12.8 Å². The molecule has 1 heterocycles. The number of piperidine rings is 1. The summed E-state index contributed by atoms with van der Waals surface area (Å²) in [5, 5.41) is 11.9. The molecule has 22 heavy (non-hydrogen) atoms. The summed E-state index contributed by atoms with van der Waals surface area (Å²) in [6.07, 6.45) is 2.09. The van der Waals surface area contributed by atoms with Crippen LogP contribution in [0.2, 0.25) is 0 Å². The monoisotopic (exact) mass is 304 g/mol. The Kier molecular flexibility index (Phi) is 5.95. The molecule has 1 saturated heterocycles. The molecule has 0 saturated carbocycles. The van der Waals surface area contributed by atoms with Crippen molar-refractivity contribution in [3.05, 3.63) is 35.4 Å². The van der Waals surface area contributed by atoms with Crippen LogP contribution >= 0.6 is 0 Å². The summed E-state index contributed by atoms with van der Waals surface area (Å²) in [5.41, 5.74) is 2.50. The highest BCUT2D eigenvalue weighted by Gasteiger charge is 2.25. The molecule has 120 valence electrons. The molecule has 1 aromatic rings. The lowest BCUT2D eigenvalue weighted by atomic mass is 9.97. The van der Waals surface area contributed by atoms with Gasteiger partial charge in [0, 0.05) is 6.54 Å². The molecular weight excluding hydrogens is 280 g/mol. The van der Waals surface area contributed by atoms with Crippen molar-refractivity contribution in [1.82, 2.24) is 10.2 Å². The third kappa shape index (κ3) is 4.84. The molecule has 0 radical (unpaired) electrons. The summed E-state index contributed by atoms with van der Waals surface area (Å²) in [4.78, 5) is 24.9. The molecule has 1 aromatic carbocycles. The minimum atomic E-state index is -0.720. The minimum absolute atomic E-state index is 0.0161. The van der Waals surface area contributed by atoms with Gasteiger partial charge in [-0.2, -0.15) is 0 Å².